The molecule has 0 bridgehead atoms. The molecule has 3 heterocycles. The Hall–Kier alpha value is -2.23. The van der Waals surface area contributed by atoms with Crippen LogP contribution in [0.2, 0.25) is 5.02 Å². The molecule has 4 rings (SSSR count). The molecular weight excluding hydrogens is 479 g/mol. The van der Waals surface area contributed by atoms with Crippen LogP contribution in [0.4, 0.5) is 0 Å². The van der Waals surface area contributed by atoms with E-state index in [1.165, 1.54) is 18.4 Å². The lowest BCUT2D eigenvalue weighted by molar-refractivity contribution is 0.0393. The molecule has 0 aliphatic carbocycles. The van der Waals surface area contributed by atoms with Gasteiger partial charge in [0.15, 0.2) is 5.82 Å². The zero-order chi connectivity index (χ0) is 22.1. The number of ether oxygens (including phenoxy) is 2. The lowest BCUT2D eigenvalue weighted by atomic mass is 10.2. The van der Waals surface area contributed by atoms with Crippen LogP contribution in [0.15, 0.2) is 29.1 Å². The largest absolute Gasteiger partial charge is 0.459 e. The van der Waals surface area contributed by atoms with E-state index in [1.807, 2.05) is 24.3 Å². The van der Waals surface area contributed by atoms with Gasteiger partial charge >= 0.3 is 5.97 Å². The van der Waals surface area contributed by atoms with Crippen molar-refractivity contribution in [3.63, 3.8) is 0 Å². The third-order valence-corrected chi connectivity index (χ3v) is 7.64. The Balaban J connectivity index is 1.72. The van der Waals surface area contributed by atoms with Gasteiger partial charge in [0.25, 0.3) is 5.56 Å². The number of esters is 1. The molecule has 0 spiro atoms. The number of hydrogen-bond acceptors (Lipinski definition) is 7. The summed E-state index contributed by atoms with van der Waals surface area (Å²) in [5.74, 6) is -0.314. The number of aromatic nitrogens is 2. The highest BCUT2D eigenvalue weighted by Gasteiger charge is 2.21. The summed E-state index contributed by atoms with van der Waals surface area (Å²) in [6.07, 6.45) is 1.68. The van der Waals surface area contributed by atoms with E-state index < -0.39 is 5.97 Å². The van der Waals surface area contributed by atoms with Crippen LogP contribution in [-0.4, -0.2) is 36.3 Å². The average molecular weight is 495 g/mol. The fourth-order valence-corrected chi connectivity index (χ4v) is 5.81. The van der Waals surface area contributed by atoms with Gasteiger partial charge in [-0.1, -0.05) is 41.4 Å². The quantitative estimate of drug-likeness (QED) is 0.274. The smallest absolute Gasteiger partial charge is 0.348 e. The number of carbonyl (C=O) groups excluding carboxylic acids is 1. The summed E-state index contributed by atoms with van der Waals surface area (Å²) in [6, 6.07) is 7.77. The maximum atomic E-state index is 12.7. The van der Waals surface area contributed by atoms with E-state index in [4.69, 9.17) is 32.7 Å². The third-order valence-electron chi connectivity index (χ3n) is 4.55. The molecule has 1 N–H and O–H groups in total. The minimum Gasteiger partial charge on any atom is -0.459 e. The molecule has 0 amide bonds. The summed E-state index contributed by atoms with van der Waals surface area (Å²) in [7, 11) is 1.52. The number of rotatable bonds is 6. The highest BCUT2D eigenvalue weighted by Crippen LogP contribution is 2.38. The Morgan fingerprint density at radius 3 is 2.77 bits per heavy atom. The topological polar surface area (TPSA) is 81.3 Å². The Kier molecular flexibility index (Phi) is 6.45. The van der Waals surface area contributed by atoms with Crippen LogP contribution < -0.4 is 5.56 Å². The minimum absolute atomic E-state index is 0.128. The van der Waals surface area contributed by atoms with Gasteiger partial charge in [0, 0.05) is 22.1 Å². The number of fused-ring (bicyclic) bond motifs is 2. The van der Waals surface area contributed by atoms with Gasteiger partial charge in [-0.3, -0.25) is 4.79 Å². The molecule has 0 aliphatic rings. The van der Waals surface area contributed by atoms with E-state index in [9.17, 15) is 9.59 Å². The summed E-state index contributed by atoms with van der Waals surface area (Å²) in [5.41, 5.74) is 0.147. The molecule has 6 nitrogen and oxygen atoms in total. The van der Waals surface area contributed by atoms with Gasteiger partial charge in [-0.25, -0.2) is 9.78 Å². The van der Waals surface area contributed by atoms with Crippen LogP contribution in [0.3, 0.4) is 0 Å². The summed E-state index contributed by atoms with van der Waals surface area (Å²) in [4.78, 5) is 33.7. The van der Waals surface area contributed by atoms with Crippen molar-refractivity contribution in [1.29, 1.82) is 0 Å². The van der Waals surface area contributed by atoms with E-state index in [0.717, 1.165) is 26.3 Å². The van der Waals surface area contributed by atoms with Crippen LogP contribution in [0.1, 0.15) is 25.9 Å². The second-order valence-electron chi connectivity index (χ2n) is 6.55. The van der Waals surface area contributed by atoms with E-state index >= 15 is 0 Å². The molecule has 0 saturated heterocycles. The average Bonchev–Trinajstić information content (AvgIpc) is 3.25. The van der Waals surface area contributed by atoms with Gasteiger partial charge in [-0.05, 0) is 24.6 Å². The zero-order valence-electron chi connectivity index (χ0n) is 16.5. The molecule has 160 valence electrons. The molecule has 1 aromatic carbocycles. The van der Waals surface area contributed by atoms with Crippen molar-refractivity contribution in [3.05, 3.63) is 60.8 Å². The van der Waals surface area contributed by atoms with Crippen LogP contribution in [-0.2, 0) is 9.47 Å². The standard InChI is InChI=1S/C21H16Cl2N2O4S2/c1-10-15-19(26)24-18(25-20(15)31-17(10)21(27)29-8-7-28-2)12(22)9-14-16(23)11-5-3-4-6-13(11)30-14/h3-6,9H,7-8H2,1-2H3,(H,24,25,26)/b12-9-. The molecular formula is C21H16Cl2N2O4S2. The van der Waals surface area contributed by atoms with E-state index in [-0.39, 0.29) is 23.0 Å². The number of hydrogen-bond donors (Lipinski definition) is 1. The number of carbonyl (C=O) groups is 1. The Morgan fingerprint density at radius 1 is 1.26 bits per heavy atom. The van der Waals surface area contributed by atoms with E-state index in [2.05, 4.69) is 9.97 Å². The minimum atomic E-state index is -0.516. The van der Waals surface area contributed by atoms with Crippen molar-refractivity contribution in [2.45, 2.75) is 6.92 Å². The Labute approximate surface area is 195 Å². The molecule has 4 aromatic rings. The number of aryl methyl sites for hydroxylation is 1. The predicted octanol–water partition coefficient (Wildman–Crippen LogP) is 5.70. The monoisotopic (exact) mass is 494 g/mol. The number of H-pyrrole nitrogens is 1. The predicted molar refractivity (Wildman–Crippen MR) is 128 cm³/mol. The van der Waals surface area contributed by atoms with Crippen molar-refractivity contribution in [2.75, 3.05) is 20.3 Å². The molecule has 0 radical (unpaired) electrons. The molecule has 31 heavy (non-hydrogen) atoms. The summed E-state index contributed by atoms with van der Waals surface area (Å²) < 4.78 is 11.1. The normalized spacial score (nSPS) is 12.1. The number of halogens is 2. The highest BCUT2D eigenvalue weighted by atomic mass is 35.5. The zero-order valence-corrected chi connectivity index (χ0v) is 19.6. The first-order valence-electron chi connectivity index (χ1n) is 9.14. The van der Waals surface area contributed by atoms with Crippen molar-refractivity contribution in [1.82, 2.24) is 9.97 Å². The lowest BCUT2D eigenvalue weighted by Crippen LogP contribution is -2.11. The second-order valence-corrected chi connectivity index (χ2v) is 9.42. The van der Waals surface area contributed by atoms with E-state index in [0.29, 0.717) is 32.3 Å². The van der Waals surface area contributed by atoms with Crippen LogP contribution in [0.5, 0.6) is 0 Å². The van der Waals surface area contributed by atoms with Crippen LogP contribution in [0.25, 0.3) is 31.4 Å². The summed E-state index contributed by atoms with van der Waals surface area (Å²) in [6.45, 7) is 2.11. The van der Waals surface area contributed by atoms with Crippen molar-refractivity contribution >= 4 is 83.3 Å². The third kappa shape index (κ3) is 4.26. The Morgan fingerprint density at radius 2 is 2.03 bits per heavy atom. The van der Waals surface area contributed by atoms with Gasteiger partial charge in [-0.15, -0.1) is 22.7 Å². The van der Waals surface area contributed by atoms with Gasteiger partial charge in [-0.2, -0.15) is 0 Å². The van der Waals surface area contributed by atoms with Gasteiger partial charge in [0.05, 0.1) is 22.0 Å². The van der Waals surface area contributed by atoms with Gasteiger partial charge in [0.2, 0.25) is 0 Å². The Bertz CT molecular complexity index is 1390. The van der Waals surface area contributed by atoms with Gasteiger partial charge in [0.1, 0.15) is 16.3 Å². The van der Waals surface area contributed by atoms with Crippen molar-refractivity contribution < 1.29 is 14.3 Å². The molecule has 3 aromatic heterocycles. The number of nitrogens with zero attached hydrogens (tertiary/aromatic N) is 1. The number of thiophene rings is 2. The van der Waals surface area contributed by atoms with Crippen molar-refractivity contribution in [2.24, 2.45) is 0 Å². The maximum absolute atomic E-state index is 12.7. The fourth-order valence-electron chi connectivity index (χ4n) is 3.04. The lowest BCUT2D eigenvalue weighted by Gasteiger charge is -2.02. The summed E-state index contributed by atoms with van der Waals surface area (Å²) >= 11 is 15.6. The fraction of sp³-hybridized carbons (Fsp3) is 0.190. The maximum Gasteiger partial charge on any atom is 0.348 e. The molecule has 0 unspecified atom stereocenters. The number of methoxy groups -OCH3 is 1. The van der Waals surface area contributed by atoms with E-state index in [1.54, 1.807) is 13.0 Å². The number of nitrogens with one attached hydrogen (secondary N) is 1. The molecule has 0 atom stereocenters. The first-order chi connectivity index (χ1) is 14.9. The van der Waals surface area contributed by atoms with Gasteiger partial charge < -0.3 is 14.5 Å². The number of benzene rings is 1. The van der Waals surface area contributed by atoms with Crippen LogP contribution >= 0.6 is 45.9 Å². The second kappa shape index (κ2) is 9.10. The first-order valence-corrected chi connectivity index (χ1v) is 11.5. The molecule has 0 saturated carbocycles. The highest BCUT2D eigenvalue weighted by molar-refractivity contribution is 7.21. The number of aromatic amines is 1. The van der Waals surface area contributed by atoms with Crippen molar-refractivity contribution in [3.8, 4) is 0 Å². The SMILES string of the molecule is COCCOC(=O)c1sc2nc(/C(Cl)=C/c3sc4ccccc4c3Cl)[nH]c(=O)c2c1C. The molecule has 0 fully saturated rings. The molecule has 10 heteroatoms. The summed E-state index contributed by atoms with van der Waals surface area (Å²) in [5, 5.41) is 2.11. The first kappa shape index (κ1) is 22.0. The molecule has 0 aliphatic heterocycles. The van der Waals surface area contributed by atoms with Crippen LogP contribution in [0, 0.1) is 6.92 Å².